The monoisotopic (exact) mass is 659 g/mol. The summed E-state index contributed by atoms with van der Waals surface area (Å²) in [6, 6.07) is 2.32. The maximum atomic E-state index is 14.6. The Morgan fingerprint density at radius 3 is 2.43 bits per heavy atom. The molecule has 2 aromatic rings. The number of amides is 1. The van der Waals surface area contributed by atoms with E-state index in [0.29, 0.717) is 0 Å². The van der Waals surface area contributed by atoms with Crippen LogP contribution < -0.4 is 10.2 Å². The number of thiazole rings is 1. The van der Waals surface area contributed by atoms with E-state index in [1.165, 1.54) is 42.6 Å². The SMILES string of the molecule is COC1(OC)COC2C(Cl)CN(C(=O)C(CC(C)C)NC(c3ccc(-c4csc(N5CCN(C)CC5)n4)cc3)C(F)(F)F)C21. The Kier molecular flexibility index (Phi) is 10.2. The van der Waals surface area contributed by atoms with E-state index < -0.39 is 47.5 Å². The highest BCUT2D eigenvalue weighted by molar-refractivity contribution is 7.14. The van der Waals surface area contributed by atoms with Crippen LogP contribution in [0.3, 0.4) is 0 Å². The minimum absolute atomic E-state index is 0.0131. The van der Waals surface area contributed by atoms with E-state index in [1.54, 1.807) is 12.1 Å². The second kappa shape index (κ2) is 13.4. The van der Waals surface area contributed by atoms with Crippen LogP contribution in [0.2, 0.25) is 0 Å². The zero-order valence-electron chi connectivity index (χ0n) is 25.6. The summed E-state index contributed by atoms with van der Waals surface area (Å²) in [5.74, 6) is -1.82. The lowest BCUT2D eigenvalue weighted by molar-refractivity contribution is -0.227. The van der Waals surface area contributed by atoms with Crippen LogP contribution in [0.25, 0.3) is 11.3 Å². The summed E-state index contributed by atoms with van der Waals surface area (Å²) >= 11 is 8.09. The fraction of sp³-hybridized carbons (Fsp3) is 0.667. The van der Waals surface area contributed by atoms with Crippen LogP contribution >= 0.6 is 22.9 Å². The van der Waals surface area contributed by atoms with Crippen LogP contribution in [0, 0.1) is 5.92 Å². The van der Waals surface area contributed by atoms with Gasteiger partial charge in [-0.15, -0.1) is 22.9 Å². The zero-order valence-corrected chi connectivity index (χ0v) is 27.2. The topological polar surface area (TPSA) is 79.4 Å². The minimum Gasteiger partial charge on any atom is -0.369 e. The van der Waals surface area contributed by atoms with Crippen molar-refractivity contribution in [2.75, 3.05) is 65.5 Å². The molecule has 9 nitrogen and oxygen atoms in total. The highest BCUT2D eigenvalue weighted by Crippen LogP contribution is 2.42. The number of nitrogens with one attached hydrogen (secondary N) is 1. The molecular formula is C30H41ClF3N5O4S. The number of likely N-dealkylation sites (tertiary alicyclic amines) is 1. The van der Waals surface area contributed by atoms with Crippen LogP contribution in [0.5, 0.6) is 0 Å². The number of rotatable bonds is 10. The van der Waals surface area contributed by atoms with Crippen LogP contribution in [0.1, 0.15) is 31.9 Å². The third kappa shape index (κ3) is 6.74. The molecule has 0 saturated carbocycles. The molecule has 3 aliphatic heterocycles. The molecule has 44 heavy (non-hydrogen) atoms. The number of fused-ring (bicyclic) bond motifs is 1. The van der Waals surface area contributed by atoms with Gasteiger partial charge in [0, 0.05) is 57.9 Å². The standard InChI is InChI=1S/C30H41ClF3N5O4S/c1-18(2)14-22(27(40)39-15-21(31)24-26(39)29(41-4,42-5)17-43-24)35-25(30(32,33)34)20-8-6-19(7-9-20)23-16-44-28(36-23)38-12-10-37(3)11-13-38/h6-9,16,18,21-22,24-26,35H,10-15,17H2,1-5H3. The molecule has 1 aromatic carbocycles. The molecule has 3 saturated heterocycles. The first-order valence-electron chi connectivity index (χ1n) is 14.9. The van der Waals surface area contributed by atoms with Gasteiger partial charge >= 0.3 is 6.18 Å². The number of ether oxygens (including phenoxy) is 3. The fourth-order valence-corrected chi connectivity index (χ4v) is 7.56. The third-order valence-corrected chi connectivity index (χ3v) is 10.1. The van der Waals surface area contributed by atoms with E-state index in [0.717, 1.165) is 42.6 Å². The lowest BCUT2D eigenvalue weighted by Crippen LogP contribution is -2.59. The maximum Gasteiger partial charge on any atom is 0.407 e. The summed E-state index contributed by atoms with van der Waals surface area (Å²) in [4.78, 5) is 24.8. The molecule has 0 aliphatic carbocycles. The smallest absolute Gasteiger partial charge is 0.369 e. The van der Waals surface area contributed by atoms with Gasteiger partial charge in [0.25, 0.3) is 0 Å². The van der Waals surface area contributed by atoms with E-state index in [2.05, 4.69) is 22.2 Å². The van der Waals surface area contributed by atoms with Gasteiger partial charge in [-0.1, -0.05) is 38.1 Å². The van der Waals surface area contributed by atoms with Gasteiger partial charge in [-0.25, -0.2) is 4.98 Å². The van der Waals surface area contributed by atoms with Gasteiger partial charge in [-0.3, -0.25) is 10.1 Å². The Morgan fingerprint density at radius 1 is 1.18 bits per heavy atom. The summed E-state index contributed by atoms with van der Waals surface area (Å²) in [6.45, 7) is 7.57. The van der Waals surface area contributed by atoms with Crippen molar-refractivity contribution in [1.29, 1.82) is 0 Å². The van der Waals surface area contributed by atoms with Crippen molar-refractivity contribution in [3.8, 4) is 11.3 Å². The quantitative estimate of drug-likeness (QED) is 0.298. The van der Waals surface area contributed by atoms with Crippen molar-refractivity contribution in [3.05, 3.63) is 35.2 Å². The van der Waals surface area contributed by atoms with Crippen molar-refractivity contribution in [1.82, 2.24) is 20.1 Å². The van der Waals surface area contributed by atoms with Gasteiger partial charge in [-0.2, -0.15) is 13.2 Å². The molecule has 0 radical (unpaired) electrons. The second-order valence-corrected chi connectivity index (χ2v) is 13.6. The first-order chi connectivity index (χ1) is 20.9. The van der Waals surface area contributed by atoms with Crippen molar-refractivity contribution in [3.63, 3.8) is 0 Å². The van der Waals surface area contributed by atoms with Crippen LogP contribution in [0.4, 0.5) is 18.3 Å². The number of carbonyl (C=O) groups excluding carboxylic acids is 1. The summed E-state index contributed by atoms with van der Waals surface area (Å²) in [6.07, 6.45) is -5.03. The summed E-state index contributed by atoms with van der Waals surface area (Å²) < 4.78 is 61.0. The molecule has 5 atom stereocenters. The molecule has 14 heteroatoms. The zero-order chi connectivity index (χ0) is 31.8. The number of methoxy groups -OCH3 is 2. The van der Waals surface area contributed by atoms with E-state index in [9.17, 15) is 18.0 Å². The molecule has 5 unspecified atom stereocenters. The highest BCUT2D eigenvalue weighted by atomic mass is 35.5. The summed E-state index contributed by atoms with van der Waals surface area (Å²) in [5.41, 5.74) is 1.46. The first-order valence-corrected chi connectivity index (χ1v) is 16.2. The Labute approximate surface area is 265 Å². The van der Waals surface area contributed by atoms with Crippen molar-refractivity contribution >= 4 is 34.0 Å². The van der Waals surface area contributed by atoms with Crippen LogP contribution in [0.15, 0.2) is 29.6 Å². The molecule has 0 bridgehead atoms. The molecule has 1 aromatic heterocycles. The number of alkyl halides is 4. The van der Waals surface area contributed by atoms with E-state index in [4.69, 9.17) is 30.8 Å². The van der Waals surface area contributed by atoms with Gasteiger partial charge in [-0.05, 0) is 24.9 Å². The molecule has 5 rings (SSSR count). The third-order valence-electron chi connectivity index (χ3n) is 8.78. The predicted octanol–water partition coefficient (Wildman–Crippen LogP) is 4.38. The predicted molar refractivity (Wildman–Crippen MR) is 164 cm³/mol. The average molecular weight is 660 g/mol. The number of piperazine rings is 1. The molecule has 4 heterocycles. The van der Waals surface area contributed by atoms with Gasteiger partial charge in [0.1, 0.15) is 24.8 Å². The number of hydrogen-bond donors (Lipinski definition) is 1. The number of halogens is 4. The largest absolute Gasteiger partial charge is 0.407 e. The summed E-state index contributed by atoms with van der Waals surface area (Å²) in [5, 5.41) is 4.97. The molecule has 3 fully saturated rings. The van der Waals surface area contributed by atoms with E-state index in [1.807, 2.05) is 19.2 Å². The van der Waals surface area contributed by atoms with Crippen molar-refractivity contribution in [2.24, 2.45) is 5.92 Å². The Morgan fingerprint density at radius 2 is 1.84 bits per heavy atom. The van der Waals surface area contributed by atoms with Crippen LogP contribution in [-0.2, 0) is 19.0 Å². The normalized spacial score (nSPS) is 25.5. The molecule has 3 aliphatic rings. The van der Waals surface area contributed by atoms with E-state index >= 15 is 0 Å². The maximum absolute atomic E-state index is 14.6. The van der Waals surface area contributed by atoms with Gasteiger partial charge in [0.2, 0.25) is 11.7 Å². The number of carbonyl (C=O) groups is 1. The average Bonchev–Trinajstić information content (AvgIpc) is 3.71. The number of hydrogen-bond acceptors (Lipinski definition) is 9. The van der Waals surface area contributed by atoms with Gasteiger partial charge < -0.3 is 28.9 Å². The lowest BCUT2D eigenvalue weighted by Gasteiger charge is -2.38. The Balaban J connectivity index is 1.36. The molecular weight excluding hydrogens is 619 g/mol. The number of anilines is 1. The van der Waals surface area contributed by atoms with Gasteiger partial charge in [0.15, 0.2) is 5.13 Å². The Hall–Kier alpha value is -2.00. The molecule has 1 N–H and O–H groups in total. The number of nitrogens with zero attached hydrogens (tertiary/aromatic N) is 4. The van der Waals surface area contributed by atoms with Crippen molar-refractivity contribution < 1.29 is 32.2 Å². The van der Waals surface area contributed by atoms with Crippen LogP contribution in [-0.4, -0.2) is 117 Å². The van der Waals surface area contributed by atoms with Gasteiger partial charge in [0.05, 0.1) is 17.1 Å². The molecule has 1 amide bonds. The first kappa shape index (κ1) is 33.4. The highest BCUT2D eigenvalue weighted by Gasteiger charge is 2.61. The number of aromatic nitrogens is 1. The summed E-state index contributed by atoms with van der Waals surface area (Å²) in [7, 11) is 4.99. The molecule has 0 spiro atoms. The molecule has 244 valence electrons. The van der Waals surface area contributed by atoms with Crippen molar-refractivity contribution in [2.45, 2.75) is 61.8 Å². The van der Waals surface area contributed by atoms with E-state index in [-0.39, 0.29) is 31.1 Å². The Bertz CT molecular complexity index is 1270. The minimum atomic E-state index is -4.66. The number of benzene rings is 1. The number of likely N-dealkylation sites (N-methyl/N-ethyl adjacent to an activating group) is 1. The fourth-order valence-electron chi connectivity index (χ4n) is 6.31. The second-order valence-electron chi connectivity index (χ2n) is 12.2. The lowest BCUT2D eigenvalue weighted by atomic mass is 9.97.